The molecule has 0 bridgehead atoms. The third-order valence-electron chi connectivity index (χ3n) is 3.10. The van der Waals surface area contributed by atoms with E-state index in [4.69, 9.17) is 10.5 Å². The minimum atomic E-state index is -0.395. The zero-order valence-electron chi connectivity index (χ0n) is 9.86. The molecule has 1 aliphatic rings. The van der Waals surface area contributed by atoms with Crippen molar-refractivity contribution in [3.63, 3.8) is 0 Å². The van der Waals surface area contributed by atoms with E-state index < -0.39 is 6.10 Å². The van der Waals surface area contributed by atoms with Crippen LogP contribution >= 0.6 is 15.9 Å². The summed E-state index contributed by atoms with van der Waals surface area (Å²) in [7, 11) is 0. The quantitative estimate of drug-likeness (QED) is 0.926. The molecule has 1 fully saturated rings. The Labute approximate surface area is 114 Å². The molecule has 2 unspecified atom stereocenters. The van der Waals surface area contributed by atoms with Gasteiger partial charge in [0, 0.05) is 17.4 Å². The summed E-state index contributed by atoms with van der Waals surface area (Å²) in [5.41, 5.74) is 6.15. The summed E-state index contributed by atoms with van der Waals surface area (Å²) in [6, 6.07) is 4.34. The Hall–Kier alpha value is -0.780. The van der Waals surface area contributed by atoms with Gasteiger partial charge in [-0.2, -0.15) is 0 Å². The molecule has 5 heteroatoms. The Morgan fingerprint density at radius 2 is 2.28 bits per heavy atom. The Morgan fingerprint density at radius 3 is 2.94 bits per heavy atom. The average Bonchev–Trinajstić information content (AvgIpc) is 2.82. The number of carbonyl (C=O) groups is 1. The van der Waals surface area contributed by atoms with Crippen molar-refractivity contribution < 1.29 is 13.9 Å². The fourth-order valence-electron chi connectivity index (χ4n) is 2.10. The van der Waals surface area contributed by atoms with Crippen LogP contribution in [0.1, 0.15) is 18.4 Å². The predicted molar refractivity (Wildman–Crippen MR) is 69.8 cm³/mol. The number of benzene rings is 1. The summed E-state index contributed by atoms with van der Waals surface area (Å²) < 4.78 is 19.4. The number of halogens is 2. The SMILES string of the molecule is NCC1CCC(C(=O)Cc2cc(F)ccc2Br)O1. The molecule has 1 aromatic carbocycles. The molecule has 2 N–H and O–H groups in total. The summed E-state index contributed by atoms with van der Waals surface area (Å²) in [5.74, 6) is -0.356. The lowest BCUT2D eigenvalue weighted by molar-refractivity contribution is -0.128. The maximum Gasteiger partial charge on any atom is 0.165 e. The minimum absolute atomic E-state index is 0.0164. The average molecular weight is 316 g/mol. The van der Waals surface area contributed by atoms with E-state index in [0.717, 1.165) is 10.9 Å². The number of hydrogen-bond donors (Lipinski definition) is 1. The summed E-state index contributed by atoms with van der Waals surface area (Å²) in [6.07, 6.45) is 1.29. The van der Waals surface area contributed by atoms with E-state index in [1.165, 1.54) is 12.1 Å². The lowest BCUT2D eigenvalue weighted by atomic mass is 10.0. The van der Waals surface area contributed by atoms with Crippen LogP contribution in [-0.2, 0) is 16.0 Å². The summed E-state index contributed by atoms with van der Waals surface area (Å²) >= 11 is 3.31. The van der Waals surface area contributed by atoms with Gasteiger partial charge in [0.15, 0.2) is 5.78 Å². The second kappa shape index (κ2) is 5.91. The van der Waals surface area contributed by atoms with Gasteiger partial charge in [-0.25, -0.2) is 4.39 Å². The zero-order chi connectivity index (χ0) is 13.1. The Morgan fingerprint density at radius 1 is 1.50 bits per heavy atom. The number of carbonyl (C=O) groups excluding carboxylic acids is 1. The van der Waals surface area contributed by atoms with Crippen LogP contribution in [0, 0.1) is 5.82 Å². The molecule has 0 radical (unpaired) electrons. The highest BCUT2D eigenvalue weighted by Crippen LogP contribution is 2.23. The first-order valence-electron chi connectivity index (χ1n) is 5.92. The van der Waals surface area contributed by atoms with Crippen LogP contribution in [0.5, 0.6) is 0 Å². The number of rotatable bonds is 4. The van der Waals surface area contributed by atoms with Gasteiger partial charge < -0.3 is 10.5 Å². The normalized spacial score (nSPS) is 23.3. The molecular weight excluding hydrogens is 301 g/mol. The Kier molecular flexibility index (Phi) is 4.48. The topological polar surface area (TPSA) is 52.3 Å². The van der Waals surface area contributed by atoms with Gasteiger partial charge in [0.2, 0.25) is 0 Å². The van der Waals surface area contributed by atoms with Gasteiger partial charge in [-0.1, -0.05) is 15.9 Å². The lowest BCUT2D eigenvalue weighted by Crippen LogP contribution is -2.26. The first kappa shape index (κ1) is 13.6. The van der Waals surface area contributed by atoms with Crippen molar-refractivity contribution in [1.82, 2.24) is 0 Å². The smallest absolute Gasteiger partial charge is 0.165 e. The number of nitrogens with two attached hydrogens (primary N) is 1. The summed E-state index contributed by atoms with van der Waals surface area (Å²) in [6.45, 7) is 0.438. The van der Waals surface area contributed by atoms with Crippen LogP contribution in [0.15, 0.2) is 22.7 Å². The van der Waals surface area contributed by atoms with Crippen molar-refractivity contribution in [2.75, 3.05) is 6.54 Å². The van der Waals surface area contributed by atoms with Crippen molar-refractivity contribution in [3.8, 4) is 0 Å². The van der Waals surface area contributed by atoms with E-state index in [1.54, 1.807) is 6.07 Å². The van der Waals surface area contributed by atoms with Gasteiger partial charge in [0.05, 0.1) is 6.10 Å². The van der Waals surface area contributed by atoms with Crippen molar-refractivity contribution in [2.45, 2.75) is 31.5 Å². The van der Waals surface area contributed by atoms with E-state index in [1.807, 2.05) is 0 Å². The van der Waals surface area contributed by atoms with Crippen LogP contribution in [0.3, 0.4) is 0 Å². The molecule has 0 spiro atoms. The highest BCUT2D eigenvalue weighted by atomic mass is 79.9. The predicted octanol–water partition coefficient (Wildman–Crippen LogP) is 2.21. The molecule has 0 aromatic heterocycles. The van der Waals surface area contributed by atoms with Gasteiger partial charge in [-0.3, -0.25) is 4.79 Å². The van der Waals surface area contributed by atoms with Gasteiger partial charge in [-0.15, -0.1) is 0 Å². The highest BCUT2D eigenvalue weighted by molar-refractivity contribution is 9.10. The molecule has 0 amide bonds. The molecule has 1 saturated heterocycles. The van der Waals surface area contributed by atoms with Crippen molar-refractivity contribution in [2.24, 2.45) is 5.73 Å². The second-order valence-electron chi connectivity index (χ2n) is 4.44. The first-order chi connectivity index (χ1) is 8.60. The molecule has 1 heterocycles. The standard InChI is InChI=1S/C13H15BrFNO2/c14-11-3-1-9(15)5-8(11)6-12(17)13-4-2-10(7-16)18-13/h1,3,5,10,13H,2,4,6-7,16H2. The molecular formula is C13H15BrFNO2. The van der Waals surface area contributed by atoms with Crippen molar-refractivity contribution >= 4 is 21.7 Å². The van der Waals surface area contributed by atoms with E-state index in [-0.39, 0.29) is 24.1 Å². The molecule has 2 atom stereocenters. The maximum atomic E-state index is 13.1. The molecule has 2 rings (SSSR count). The summed E-state index contributed by atoms with van der Waals surface area (Å²) in [5, 5.41) is 0. The molecule has 3 nitrogen and oxygen atoms in total. The van der Waals surface area contributed by atoms with Crippen molar-refractivity contribution in [1.29, 1.82) is 0 Å². The Bertz CT molecular complexity index is 453. The molecule has 0 aliphatic carbocycles. The summed E-state index contributed by atoms with van der Waals surface area (Å²) in [4.78, 5) is 12.0. The third kappa shape index (κ3) is 3.16. The molecule has 1 aromatic rings. The van der Waals surface area contributed by atoms with Crippen LogP contribution in [-0.4, -0.2) is 24.5 Å². The number of hydrogen-bond acceptors (Lipinski definition) is 3. The fraction of sp³-hybridized carbons (Fsp3) is 0.462. The molecule has 1 aliphatic heterocycles. The molecule has 98 valence electrons. The zero-order valence-corrected chi connectivity index (χ0v) is 11.5. The number of ketones is 1. The Balaban J connectivity index is 2.01. The fourth-order valence-corrected chi connectivity index (χ4v) is 2.48. The number of Topliss-reactive ketones (excluding diaryl/α,β-unsaturated/α-hetero) is 1. The molecule has 0 saturated carbocycles. The largest absolute Gasteiger partial charge is 0.366 e. The van der Waals surface area contributed by atoms with Gasteiger partial charge in [0.1, 0.15) is 11.9 Å². The second-order valence-corrected chi connectivity index (χ2v) is 5.29. The van der Waals surface area contributed by atoms with E-state index in [0.29, 0.717) is 18.5 Å². The van der Waals surface area contributed by atoms with E-state index in [9.17, 15) is 9.18 Å². The lowest BCUT2D eigenvalue weighted by Gasteiger charge is -2.12. The monoisotopic (exact) mass is 315 g/mol. The van der Waals surface area contributed by atoms with Gasteiger partial charge >= 0.3 is 0 Å². The van der Waals surface area contributed by atoms with Crippen LogP contribution in [0.2, 0.25) is 0 Å². The van der Waals surface area contributed by atoms with E-state index in [2.05, 4.69) is 15.9 Å². The minimum Gasteiger partial charge on any atom is -0.366 e. The van der Waals surface area contributed by atoms with Crippen LogP contribution in [0.4, 0.5) is 4.39 Å². The number of ether oxygens (including phenoxy) is 1. The van der Waals surface area contributed by atoms with Crippen LogP contribution in [0.25, 0.3) is 0 Å². The first-order valence-corrected chi connectivity index (χ1v) is 6.71. The van der Waals surface area contributed by atoms with Crippen LogP contribution < -0.4 is 5.73 Å². The van der Waals surface area contributed by atoms with Crippen molar-refractivity contribution in [3.05, 3.63) is 34.1 Å². The van der Waals surface area contributed by atoms with E-state index >= 15 is 0 Å². The third-order valence-corrected chi connectivity index (χ3v) is 3.88. The molecule has 18 heavy (non-hydrogen) atoms. The van der Waals surface area contributed by atoms with Gasteiger partial charge in [0.25, 0.3) is 0 Å². The highest BCUT2D eigenvalue weighted by Gasteiger charge is 2.29. The van der Waals surface area contributed by atoms with Gasteiger partial charge in [-0.05, 0) is 36.6 Å². The maximum absolute atomic E-state index is 13.1.